The number of benzene rings is 1. The van der Waals surface area contributed by atoms with Crippen LogP contribution in [0.3, 0.4) is 0 Å². The standard InChI is InChI=1S/C21H25N3O5/c25-19(22-13-18-5-2-10-29-18)16-4-1-3-14(11-16)12-23-21(28)24-17-8-6-15(7-9-17)20(26)27/h1-5,10-11,15,17H,6-9,12-13H2,(H,22,25)(H,26,27)(H2,23,24,28). The van der Waals surface area contributed by atoms with Gasteiger partial charge in [-0.2, -0.15) is 0 Å². The molecule has 4 N–H and O–H groups in total. The monoisotopic (exact) mass is 399 g/mol. The second-order valence-corrected chi connectivity index (χ2v) is 7.18. The van der Waals surface area contributed by atoms with Gasteiger partial charge in [-0.1, -0.05) is 12.1 Å². The normalized spacial score (nSPS) is 18.6. The smallest absolute Gasteiger partial charge is 0.315 e. The summed E-state index contributed by atoms with van der Waals surface area (Å²) in [6.07, 6.45) is 4.03. The number of carbonyl (C=O) groups is 3. The van der Waals surface area contributed by atoms with Crippen molar-refractivity contribution in [2.45, 2.75) is 44.8 Å². The number of amides is 3. The van der Waals surface area contributed by atoms with Crippen LogP contribution in [0.15, 0.2) is 47.1 Å². The summed E-state index contributed by atoms with van der Waals surface area (Å²) in [4.78, 5) is 35.4. The molecule has 8 nitrogen and oxygen atoms in total. The number of rotatable bonds is 7. The second-order valence-electron chi connectivity index (χ2n) is 7.18. The predicted molar refractivity (Wildman–Crippen MR) is 105 cm³/mol. The Labute approximate surface area is 168 Å². The minimum Gasteiger partial charge on any atom is -0.481 e. The second kappa shape index (κ2) is 9.77. The number of aliphatic carboxylic acids is 1. The molecule has 154 valence electrons. The molecule has 0 bridgehead atoms. The number of carbonyl (C=O) groups excluding carboxylic acids is 2. The minimum absolute atomic E-state index is 0.00990. The highest BCUT2D eigenvalue weighted by molar-refractivity contribution is 5.94. The molecule has 0 saturated heterocycles. The van der Waals surface area contributed by atoms with Crippen molar-refractivity contribution in [1.29, 1.82) is 0 Å². The average Bonchev–Trinajstić information content (AvgIpc) is 3.25. The zero-order chi connectivity index (χ0) is 20.6. The number of furan rings is 1. The van der Waals surface area contributed by atoms with Gasteiger partial charge in [0.15, 0.2) is 0 Å². The molecule has 0 atom stereocenters. The molecule has 1 aromatic heterocycles. The quantitative estimate of drug-likeness (QED) is 0.570. The highest BCUT2D eigenvalue weighted by Crippen LogP contribution is 2.24. The maximum Gasteiger partial charge on any atom is 0.315 e. The van der Waals surface area contributed by atoms with E-state index < -0.39 is 5.97 Å². The largest absolute Gasteiger partial charge is 0.481 e. The van der Waals surface area contributed by atoms with E-state index in [0.29, 0.717) is 43.6 Å². The third kappa shape index (κ3) is 6.10. The van der Waals surface area contributed by atoms with Gasteiger partial charge in [-0.15, -0.1) is 0 Å². The summed E-state index contributed by atoms with van der Waals surface area (Å²) >= 11 is 0. The summed E-state index contributed by atoms with van der Waals surface area (Å²) in [6, 6.07) is 10.3. The molecule has 1 aliphatic carbocycles. The number of urea groups is 1. The van der Waals surface area contributed by atoms with E-state index in [-0.39, 0.29) is 30.4 Å². The van der Waals surface area contributed by atoms with E-state index in [1.165, 1.54) is 0 Å². The van der Waals surface area contributed by atoms with Gasteiger partial charge in [0.2, 0.25) is 0 Å². The van der Waals surface area contributed by atoms with E-state index in [1.807, 2.05) is 6.07 Å². The highest BCUT2D eigenvalue weighted by atomic mass is 16.4. The van der Waals surface area contributed by atoms with Gasteiger partial charge in [0, 0.05) is 18.2 Å². The van der Waals surface area contributed by atoms with Crippen molar-refractivity contribution < 1.29 is 23.9 Å². The molecule has 29 heavy (non-hydrogen) atoms. The van der Waals surface area contributed by atoms with E-state index in [2.05, 4.69) is 16.0 Å². The van der Waals surface area contributed by atoms with Gasteiger partial charge in [-0.05, 0) is 55.5 Å². The predicted octanol–water partition coefficient (Wildman–Crippen LogP) is 2.65. The molecule has 0 spiro atoms. The molecular formula is C21H25N3O5. The summed E-state index contributed by atoms with van der Waals surface area (Å²) in [6.45, 7) is 0.594. The van der Waals surface area contributed by atoms with Crippen LogP contribution in [0.25, 0.3) is 0 Å². The first kappa shape index (κ1) is 20.4. The van der Waals surface area contributed by atoms with Crippen molar-refractivity contribution in [3.63, 3.8) is 0 Å². The molecule has 1 fully saturated rings. The molecule has 3 amide bonds. The van der Waals surface area contributed by atoms with E-state index in [1.54, 1.807) is 36.6 Å². The van der Waals surface area contributed by atoms with E-state index in [4.69, 9.17) is 9.52 Å². The van der Waals surface area contributed by atoms with Crippen LogP contribution in [-0.2, 0) is 17.9 Å². The van der Waals surface area contributed by atoms with Gasteiger partial charge >= 0.3 is 12.0 Å². The molecule has 0 radical (unpaired) electrons. The van der Waals surface area contributed by atoms with Gasteiger partial charge in [-0.25, -0.2) is 4.79 Å². The topological polar surface area (TPSA) is 121 Å². The molecule has 3 rings (SSSR count). The molecule has 2 aromatic rings. The first-order valence-electron chi connectivity index (χ1n) is 9.68. The summed E-state index contributed by atoms with van der Waals surface area (Å²) in [5.74, 6) is -0.619. The maximum absolute atomic E-state index is 12.3. The Kier molecular flexibility index (Phi) is 6.89. The third-order valence-corrected chi connectivity index (χ3v) is 5.06. The molecule has 1 aromatic carbocycles. The molecule has 1 saturated carbocycles. The van der Waals surface area contributed by atoms with Crippen LogP contribution in [0.2, 0.25) is 0 Å². The lowest BCUT2D eigenvalue weighted by molar-refractivity contribution is -0.142. The third-order valence-electron chi connectivity index (χ3n) is 5.06. The van der Waals surface area contributed by atoms with Crippen LogP contribution < -0.4 is 16.0 Å². The van der Waals surface area contributed by atoms with Crippen molar-refractivity contribution in [1.82, 2.24) is 16.0 Å². The Bertz CT molecular complexity index is 842. The van der Waals surface area contributed by atoms with Crippen LogP contribution >= 0.6 is 0 Å². The van der Waals surface area contributed by atoms with Crippen LogP contribution in [0.4, 0.5) is 4.79 Å². The summed E-state index contributed by atoms with van der Waals surface area (Å²) in [5.41, 5.74) is 1.31. The summed E-state index contributed by atoms with van der Waals surface area (Å²) < 4.78 is 5.19. The Morgan fingerprint density at radius 1 is 1.00 bits per heavy atom. The van der Waals surface area contributed by atoms with Gasteiger partial charge < -0.3 is 25.5 Å². The minimum atomic E-state index is -0.763. The van der Waals surface area contributed by atoms with Gasteiger partial charge in [0.25, 0.3) is 5.91 Å². The fraction of sp³-hybridized carbons (Fsp3) is 0.381. The van der Waals surface area contributed by atoms with Crippen molar-refractivity contribution in [2.75, 3.05) is 0 Å². The SMILES string of the molecule is O=C(NCc1cccc(C(=O)NCc2ccco2)c1)NC1CCC(C(=O)O)CC1. The lowest BCUT2D eigenvalue weighted by Gasteiger charge is -2.26. The van der Waals surface area contributed by atoms with Crippen LogP contribution in [-0.4, -0.2) is 29.1 Å². The average molecular weight is 399 g/mol. The number of carboxylic acid groups (broad SMARTS) is 1. The number of hydrogen-bond acceptors (Lipinski definition) is 4. The first-order chi connectivity index (χ1) is 14.0. The van der Waals surface area contributed by atoms with Crippen molar-refractivity contribution in [2.24, 2.45) is 5.92 Å². The highest BCUT2D eigenvalue weighted by Gasteiger charge is 2.26. The Morgan fingerprint density at radius 2 is 1.79 bits per heavy atom. The van der Waals surface area contributed by atoms with E-state index in [9.17, 15) is 14.4 Å². The molecule has 1 aliphatic rings. The zero-order valence-corrected chi connectivity index (χ0v) is 16.0. The Balaban J connectivity index is 1.43. The summed E-state index contributed by atoms with van der Waals surface area (Å²) in [7, 11) is 0. The summed E-state index contributed by atoms with van der Waals surface area (Å²) in [5, 5.41) is 17.5. The van der Waals surface area contributed by atoms with Gasteiger partial charge in [0.05, 0.1) is 18.7 Å². The van der Waals surface area contributed by atoms with Gasteiger partial charge in [0.1, 0.15) is 5.76 Å². The first-order valence-corrected chi connectivity index (χ1v) is 9.68. The number of nitrogens with one attached hydrogen (secondary N) is 3. The molecule has 8 heteroatoms. The molecule has 0 aliphatic heterocycles. The van der Waals surface area contributed by atoms with Crippen LogP contribution in [0.1, 0.15) is 47.4 Å². The fourth-order valence-electron chi connectivity index (χ4n) is 3.41. The molecule has 0 unspecified atom stereocenters. The zero-order valence-electron chi connectivity index (χ0n) is 16.0. The Morgan fingerprint density at radius 3 is 2.48 bits per heavy atom. The number of carboxylic acids is 1. The Hall–Kier alpha value is -3.29. The van der Waals surface area contributed by atoms with Crippen molar-refractivity contribution >= 4 is 17.9 Å². The van der Waals surface area contributed by atoms with Crippen LogP contribution in [0.5, 0.6) is 0 Å². The number of hydrogen-bond donors (Lipinski definition) is 4. The van der Waals surface area contributed by atoms with Crippen LogP contribution in [0, 0.1) is 5.92 Å². The molecule has 1 heterocycles. The lowest BCUT2D eigenvalue weighted by atomic mass is 9.86. The molecular weight excluding hydrogens is 374 g/mol. The van der Waals surface area contributed by atoms with Crippen molar-refractivity contribution in [3.05, 3.63) is 59.5 Å². The van der Waals surface area contributed by atoms with E-state index >= 15 is 0 Å². The van der Waals surface area contributed by atoms with Crippen molar-refractivity contribution in [3.8, 4) is 0 Å². The fourth-order valence-corrected chi connectivity index (χ4v) is 3.41. The van der Waals surface area contributed by atoms with Gasteiger partial charge in [-0.3, -0.25) is 9.59 Å². The van der Waals surface area contributed by atoms with E-state index in [0.717, 1.165) is 5.56 Å². The lowest BCUT2D eigenvalue weighted by Crippen LogP contribution is -2.43. The maximum atomic E-state index is 12.3.